The van der Waals surface area contributed by atoms with Crippen LogP contribution in [0.5, 0.6) is 0 Å². The molecule has 2 aromatic rings. The number of halogens is 2. The van der Waals surface area contributed by atoms with E-state index in [1.165, 1.54) is 12.3 Å². The van der Waals surface area contributed by atoms with Crippen molar-refractivity contribution in [3.05, 3.63) is 57.8 Å². The number of anilines is 1. The fourth-order valence-corrected chi connectivity index (χ4v) is 1.82. The highest BCUT2D eigenvalue weighted by atomic mass is 79.9. The predicted octanol–water partition coefficient (Wildman–Crippen LogP) is 3.75. The van der Waals surface area contributed by atoms with Gasteiger partial charge in [0.25, 0.3) is 5.91 Å². The molecule has 0 saturated heterocycles. The van der Waals surface area contributed by atoms with Crippen molar-refractivity contribution < 1.29 is 4.79 Å². The third-order valence-corrected chi connectivity index (χ3v) is 3.00. The van der Waals surface area contributed by atoms with Gasteiger partial charge in [0.1, 0.15) is 5.69 Å². The molecule has 86 valence electrons. The third-order valence-electron chi connectivity index (χ3n) is 2.08. The van der Waals surface area contributed by atoms with Crippen molar-refractivity contribution in [2.75, 3.05) is 5.32 Å². The van der Waals surface area contributed by atoms with Crippen LogP contribution in [0.3, 0.4) is 0 Å². The fraction of sp³-hybridized carbons (Fsp3) is 0. The maximum Gasteiger partial charge on any atom is 0.274 e. The van der Waals surface area contributed by atoms with Gasteiger partial charge in [0.2, 0.25) is 0 Å². The number of amides is 1. The lowest BCUT2D eigenvalue weighted by Gasteiger charge is -2.06. The molecule has 1 aromatic heterocycles. The Kier molecular flexibility index (Phi) is 3.76. The van der Waals surface area contributed by atoms with E-state index in [0.717, 1.165) is 4.47 Å². The van der Waals surface area contributed by atoms with Crippen LogP contribution >= 0.6 is 27.5 Å². The van der Waals surface area contributed by atoms with Gasteiger partial charge in [0, 0.05) is 15.7 Å². The fourth-order valence-electron chi connectivity index (χ4n) is 1.28. The van der Waals surface area contributed by atoms with Crippen LogP contribution in [0.15, 0.2) is 47.1 Å². The Labute approximate surface area is 112 Å². The summed E-state index contributed by atoms with van der Waals surface area (Å²) in [6, 6.07) is 10.5. The number of hydrogen-bond acceptors (Lipinski definition) is 2. The number of nitrogens with one attached hydrogen (secondary N) is 1. The lowest BCUT2D eigenvalue weighted by molar-refractivity contribution is 0.102. The number of carbonyl (C=O) groups excluding carboxylic acids is 1. The van der Waals surface area contributed by atoms with Crippen molar-refractivity contribution in [3.8, 4) is 0 Å². The van der Waals surface area contributed by atoms with E-state index in [9.17, 15) is 4.79 Å². The first-order valence-corrected chi connectivity index (χ1v) is 6.01. The average molecular weight is 312 g/mol. The number of rotatable bonds is 2. The lowest BCUT2D eigenvalue weighted by Crippen LogP contribution is -2.13. The topological polar surface area (TPSA) is 42.0 Å². The molecule has 0 bridgehead atoms. The van der Waals surface area contributed by atoms with Gasteiger partial charge >= 0.3 is 0 Å². The number of aromatic nitrogens is 1. The number of benzene rings is 1. The molecule has 0 unspecified atom stereocenters. The zero-order valence-corrected chi connectivity index (χ0v) is 11.0. The van der Waals surface area contributed by atoms with Gasteiger partial charge in [-0.25, -0.2) is 0 Å². The normalized spacial score (nSPS) is 10.0. The monoisotopic (exact) mass is 310 g/mol. The maximum absolute atomic E-state index is 11.9. The molecule has 17 heavy (non-hydrogen) atoms. The standard InChI is InChI=1S/C12H8BrClN2O/c13-9-3-1-2-4-10(9)16-12(17)11-7-8(14)5-6-15-11/h1-7H,(H,16,17). The Bertz CT molecular complexity index is 560. The third kappa shape index (κ3) is 3.05. The zero-order valence-electron chi connectivity index (χ0n) is 8.65. The summed E-state index contributed by atoms with van der Waals surface area (Å²) in [5.41, 5.74) is 0.979. The van der Waals surface area contributed by atoms with E-state index >= 15 is 0 Å². The quantitative estimate of drug-likeness (QED) is 0.918. The molecule has 1 amide bonds. The molecule has 0 spiro atoms. The van der Waals surface area contributed by atoms with Crippen LogP contribution in [0.25, 0.3) is 0 Å². The minimum atomic E-state index is -0.292. The Morgan fingerprint density at radius 1 is 1.29 bits per heavy atom. The first-order valence-electron chi connectivity index (χ1n) is 4.84. The summed E-state index contributed by atoms with van der Waals surface area (Å²) in [7, 11) is 0. The summed E-state index contributed by atoms with van der Waals surface area (Å²) >= 11 is 9.14. The number of hydrogen-bond donors (Lipinski definition) is 1. The van der Waals surface area contributed by atoms with Crippen LogP contribution in [0.4, 0.5) is 5.69 Å². The van der Waals surface area contributed by atoms with Crippen LogP contribution in [-0.2, 0) is 0 Å². The molecule has 2 rings (SSSR count). The molecule has 1 aromatic carbocycles. The second-order valence-electron chi connectivity index (χ2n) is 3.29. The van der Waals surface area contributed by atoms with Gasteiger partial charge in [0.05, 0.1) is 5.69 Å². The van der Waals surface area contributed by atoms with Crippen molar-refractivity contribution in [3.63, 3.8) is 0 Å². The Hall–Kier alpha value is -1.39. The van der Waals surface area contributed by atoms with E-state index in [4.69, 9.17) is 11.6 Å². The molecular weight excluding hydrogens is 304 g/mol. The first kappa shape index (κ1) is 12.1. The zero-order chi connectivity index (χ0) is 12.3. The highest BCUT2D eigenvalue weighted by Crippen LogP contribution is 2.21. The van der Waals surface area contributed by atoms with E-state index in [2.05, 4.69) is 26.2 Å². The Morgan fingerprint density at radius 3 is 2.76 bits per heavy atom. The second kappa shape index (κ2) is 5.29. The van der Waals surface area contributed by atoms with Gasteiger partial charge in [-0.05, 0) is 40.2 Å². The molecule has 0 aliphatic rings. The van der Waals surface area contributed by atoms with E-state index < -0.39 is 0 Å². The molecule has 1 heterocycles. The minimum absolute atomic E-state index is 0.285. The molecule has 3 nitrogen and oxygen atoms in total. The second-order valence-corrected chi connectivity index (χ2v) is 4.58. The van der Waals surface area contributed by atoms with Crippen molar-refractivity contribution in [2.24, 2.45) is 0 Å². The smallest absolute Gasteiger partial charge is 0.274 e. The molecule has 0 atom stereocenters. The van der Waals surface area contributed by atoms with Crippen LogP contribution in [0.1, 0.15) is 10.5 Å². The summed E-state index contributed by atoms with van der Waals surface area (Å²) in [4.78, 5) is 15.8. The van der Waals surface area contributed by atoms with Crippen molar-refractivity contribution in [1.29, 1.82) is 0 Å². The molecule has 0 radical (unpaired) electrons. The number of nitrogens with zero attached hydrogens (tertiary/aromatic N) is 1. The lowest BCUT2D eigenvalue weighted by atomic mass is 10.3. The molecule has 0 aliphatic carbocycles. The first-order chi connectivity index (χ1) is 8.16. The number of para-hydroxylation sites is 1. The molecule has 0 aliphatic heterocycles. The van der Waals surface area contributed by atoms with Gasteiger partial charge in [-0.3, -0.25) is 9.78 Å². The summed E-state index contributed by atoms with van der Waals surface area (Å²) in [6.07, 6.45) is 1.50. The largest absolute Gasteiger partial charge is 0.320 e. The minimum Gasteiger partial charge on any atom is -0.320 e. The SMILES string of the molecule is O=C(Nc1ccccc1Br)c1cc(Cl)ccn1. The van der Waals surface area contributed by atoms with Gasteiger partial charge in [0.15, 0.2) is 0 Å². The van der Waals surface area contributed by atoms with Gasteiger partial charge in [-0.2, -0.15) is 0 Å². The van der Waals surface area contributed by atoms with Crippen molar-refractivity contribution in [2.45, 2.75) is 0 Å². The van der Waals surface area contributed by atoms with Crippen molar-refractivity contribution >= 4 is 39.1 Å². The van der Waals surface area contributed by atoms with E-state index in [0.29, 0.717) is 10.7 Å². The predicted molar refractivity (Wildman–Crippen MR) is 71.3 cm³/mol. The Morgan fingerprint density at radius 2 is 2.06 bits per heavy atom. The molecule has 0 fully saturated rings. The molecule has 1 N–H and O–H groups in total. The summed E-state index contributed by atoms with van der Waals surface area (Å²) in [5, 5.41) is 3.23. The number of pyridine rings is 1. The summed E-state index contributed by atoms with van der Waals surface area (Å²) < 4.78 is 0.815. The van der Waals surface area contributed by atoms with E-state index in [1.807, 2.05) is 18.2 Å². The maximum atomic E-state index is 11.9. The average Bonchev–Trinajstić information content (AvgIpc) is 2.32. The van der Waals surface area contributed by atoms with Crippen molar-refractivity contribution in [1.82, 2.24) is 4.98 Å². The highest BCUT2D eigenvalue weighted by Gasteiger charge is 2.09. The summed E-state index contributed by atoms with van der Waals surface area (Å²) in [5.74, 6) is -0.292. The van der Waals surface area contributed by atoms with Gasteiger partial charge < -0.3 is 5.32 Å². The van der Waals surface area contributed by atoms with E-state index in [-0.39, 0.29) is 11.6 Å². The van der Waals surface area contributed by atoms with Crippen LogP contribution in [-0.4, -0.2) is 10.9 Å². The van der Waals surface area contributed by atoms with Crippen LogP contribution in [0, 0.1) is 0 Å². The van der Waals surface area contributed by atoms with E-state index in [1.54, 1.807) is 12.1 Å². The Balaban J connectivity index is 2.20. The molecule has 5 heteroatoms. The highest BCUT2D eigenvalue weighted by molar-refractivity contribution is 9.10. The molecular formula is C12H8BrClN2O. The van der Waals surface area contributed by atoms with Crippen LogP contribution in [0.2, 0.25) is 5.02 Å². The summed E-state index contributed by atoms with van der Waals surface area (Å²) in [6.45, 7) is 0. The van der Waals surface area contributed by atoms with Gasteiger partial charge in [-0.15, -0.1) is 0 Å². The molecule has 0 saturated carbocycles. The van der Waals surface area contributed by atoms with Gasteiger partial charge in [-0.1, -0.05) is 23.7 Å². The van der Waals surface area contributed by atoms with Crippen LogP contribution < -0.4 is 5.32 Å². The number of carbonyl (C=O) groups is 1.